The Morgan fingerprint density at radius 1 is 1.18 bits per heavy atom. The van der Waals surface area contributed by atoms with Gasteiger partial charge in [0.05, 0.1) is 10.6 Å². The smallest absolute Gasteiger partial charge is 0.243 e. The number of sulfonamides is 1. The van der Waals surface area contributed by atoms with Gasteiger partial charge in [-0.1, -0.05) is 39.8 Å². The third kappa shape index (κ3) is 3.74. The van der Waals surface area contributed by atoms with Crippen molar-refractivity contribution in [1.29, 1.82) is 0 Å². The van der Waals surface area contributed by atoms with Crippen molar-refractivity contribution in [2.75, 3.05) is 18.8 Å². The molecule has 150 valence electrons. The SMILES string of the molecule is CCN(CC)S(=O)(=O)c1cccc(-c2ccn3nc(N)c(CC(C)C)c3n2)c1. The van der Waals surface area contributed by atoms with Gasteiger partial charge in [-0.25, -0.2) is 17.9 Å². The number of nitrogens with two attached hydrogens (primary N) is 1. The molecule has 0 aliphatic carbocycles. The molecule has 0 fully saturated rings. The molecular formula is C20H27N5O2S. The second-order valence-corrected chi connectivity index (χ2v) is 9.10. The Balaban J connectivity index is 2.08. The maximum absolute atomic E-state index is 12.8. The first-order valence-corrected chi connectivity index (χ1v) is 11.0. The van der Waals surface area contributed by atoms with Crippen LogP contribution in [0, 0.1) is 5.92 Å². The van der Waals surface area contributed by atoms with E-state index in [0.29, 0.717) is 36.2 Å². The van der Waals surface area contributed by atoms with Crippen LogP contribution < -0.4 is 5.73 Å². The van der Waals surface area contributed by atoms with Gasteiger partial charge in [0.25, 0.3) is 0 Å². The number of nitrogen functional groups attached to an aromatic ring is 1. The average Bonchev–Trinajstić information content (AvgIpc) is 2.97. The van der Waals surface area contributed by atoms with E-state index in [1.165, 1.54) is 4.31 Å². The van der Waals surface area contributed by atoms with Gasteiger partial charge in [0.2, 0.25) is 10.0 Å². The first-order valence-electron chi connectivity index (χ1n) is 9.52. The molecule has 1 aromatic carbocycles. The van der Waals surface area contributed by atoms with Crippen molar-refractivity contribution in [3.63, 3.8) is 0 Å². The van der Waals surface area contributed by atoms with Gasteiger partial charge in [-0.15, -0.1) is 5.10 Å². The van der Waals surface area contributed by atoms with Gasteiger partial charge < -0.3 is 5.73 Å². The molecule has 0 unspecified atom stereocenters. The molecular weight excluding hydrogens is 374 g/mol. The van der Waals surface area contributed by atoms with Crippen LogP contribution >= 0.6 is 0 Å². The van der Waals surface area contributed by atoms with Crippen molar-refractivity contribution in [2.24, 2.45) is 5.92 Å². The highest BCUT2D eigenvalue weighted by Gasteiger charge is 2.22. The Morgan fingerprint density at radius 2 is 1.89 bits per heavy atom. The molecule has 3 rings (SSSR count). The molecule has 0 bridgehead atoms. The summed E-state index contributed by atoms with van der Waals surface area (Å²) in [6.07, 6.45) is 2.59. The summed E-state index contributed by atoms with van der Waals surface area (Å²) in [5.41, 5.74) is 9.14. The van der Waals surface area contributed by atoms with Crippen molar-refractivity contribution in [3.8, 4) is 11.3 Å². The zero-order valence-corrected chi connectivity index (χ0v) is 17.6. The number of hydrogen-bond acceptors (Lipinski definition) is 5. The van der Waals surface area contributed by atoms with E-state index in [-0.39, 0.29) is 4.90 Å². The Kier molecular flexibility index (Phi) is 5.71. The molecule has 0 radical (unpaired) electrons. The number of anilines is 1. The quantitative estimate of drug-likeness (QED) is 0.656. The van der Waals surface area contributed by atoms with Gasteiger partial charge in [-0.2, -0.15) is 4.31 Å². The summed E-state index contributed by atoms with van der Waals surface area (Å²) in [5, 5.41) is 4.33. The highest BCUT2D eigenvalue weighted by atomic mass is 32.2. The van der Waals surface area contributed by atoms with Gasteiger partial charge in [0, 0.05) is 30.4 Å². The maximum Gasteiger partial charge on any atom is 0.243 e. The van der Waals surface area contributed by atoms with Crippen LogP contribution in [0.2, 0.25) is 0 Å². The number of nitrogens with zero attached hydrogens (tertiary/aromatic N) is 4. The van der Waals surface area contributed by atoms with Crippen LogP contribution in [0.4, 0.5) is 5.82 Å². The molecule has 0 saturated heterocycles. The lowest BCUT2D eigenvalue weighted by atomic mass is 10.0. The highest BCUT2D eigenvalue weighted by molar-refractivity contribution is 7.89. The van der Waals surface area contributed by atoms with E-state index in [0.717, 1.165) is 17.5 Å². The molecule has 0 spiro atoms. The Labute approximate surface area is 166 Å². The predicted octanol–water partition coefficient (Wildman–Crippen LogP) is 3.21. The molecule has 2 aromatic heterocycles. The monoisotopic (exact) mass is 401 g/mol. The van der Waals surface area contributed by atoms with Crippen molar-refractivity contribution >= 4 is 21.5 Å². The molecule has 0 aliphatic rings. The summed E-state index contributed by atoms with van der Waals surface area (Å²) in [6, 6.07) is 8.73. The van der Waals surface area contributed by atoms with Crippen molar-refractivity contribution in [1.82, 2.24) is 18.9 Å². The lowest BCUT2D eigenvalue weighted by Gasteiger charge is -2.18. The molecule has 0 aliphatic heterocycles. The normalized spacial score (nSPS) is 12.4. The Morgan fingerprint density at radius 3 is 2.54 bits per heavy atom. The summed E-state index contributed by atoms with van der Waals surface area (Å²) < 4.78 is 28.8. The molecule has 2 heterocycles. The Hall–Kier alpha value is -2.45. The zero-order chi connectivity index (χ0) is 20.5. The fourth-order valence-electron chi connectivity index (χ4n) is 3.29. The number of aromatic nitrogens is 3. The molecule has 7 nitrogen and oxygen atoms in total. The molecule has 28 heavy (non-hydrogen) atoms. The summed E-state index contributed by atoms with van der Waals surface area (Å²) >= 11 is 0. The van der Waals surface area contributed by atoms with E-state index in [2.05, 4.69) is 18.9 Å². The number of benzene rings is 1. The van der Waals surface area contributed by atoms with Gasteiger partial charge in [-0.3, -0.25) is 0 Å². The van der Waals surface area contributed by atoms with Crippen LogP contribution in [0.25, 0.3) is 16.9 Å². The topological polar surface area (TPSA) is 93.6 Å². The lowest BCUT2D eigenvalue weighted by Crippen LogP contribution is -2.30. The van der Waals surface area contributed by atoms with Crippen LogP contribution in [-0.2, 0) is 16.4 Å². The molecule has 8 heteroatoms. The van der Waals surface area contributed by atoms with E-state index in [1.807, 2.05) is 32.2 Å². The van der Waals surface area contributed by atoms with E-state index in [4.69, 9.17) is 10.7 Å². The number of fused-ring (bicyclic) bond motifs is 1. The first-order chi connectivity index (χ1) is 13.3. The van der Waals surface area contributed by atoms with E-state index in [1.54, 1.807) is 22.7 Å². The summed E-state index contributed by atoms with van der Waals surface area (Å²) in [4.78, 5) is 5.01. The molecule has 0 atom stereocenters. The lowest BCUT2D eigenvalue weighted by molar-refractivity contribution is 0.445. The van der Waals surface area contributed by atoms with Crippen LogP contribution in [0.3, 0.4) is 0 Å². The van der Waals surface area contributed by atoms with Crippen LogP contribution in [0.15, 0.2) is 41.4 Å². The van der Waals surface area contributed by atoms with Gasteiger partial charge in [0.15, 0.2) is 11.5 Å². The minimum atomic E-state index is -3.53. The second-order valence-electron chi connectivity index (χ2n) is 7.16. The Bertz CT molecular complexity index is 1090. The average molecular weight is 402 g/mol. The maximum atomic E-state index is 12.8. The minimum absolute atomic E-state index is 0.269. The van der Waals surface area contributed by atoms with Gasteiger partial charge in [-0.05, 0) is 30.5 Å². The van der Waals surface area contributed by atoms with Gasteiger partial charge in [0.1, 0.15) is 0 Å². The minimum Gasteiger partial charge on any atom is -0.382 e. The molecule has 0 amide bonds. The molecule has 0 saturated carbocycles. The van der Waals surface area contributed by atoms with E-state index < -0.39 is 10.0 Å². The van der Waals surface area contributed by atoms with Crippen molar-refractivity contribution in [2.45, 2.75) is 39.0 Å². The third-order valence-electron chi connectivity index (χ3n) is 4.70. The van der Waals surface area contributed by atoms with Gasteiger partial charge >= 0.3 is 0 Å². The summed E-state index contributed by atoms with van der Waals surface area (Å²) in [6.45, 7) is 8.77. The molecule has 2 N–H and O–H groups in total. The second kappa shape index (κ2) is 7.89. The summed E-state index contributed by atoms with van der Waals surface area (Å²) in [5.74, 6) is 0.902. The first kappa shape index (κ1) is 20.3. The van der Waals surface area contributed by atoms with Crippen molar-refractivity contribution < 1.29 is 8.42 Å². The van der Waals surface area contributed by atoms with Crippen LogP contribution in [0.1, 0.15) is 33.3 Å². The van der Waals surface area contributed by atoms with Crippen LogP contribution in [-0.4, -0.2) is 40.4 Å². The molecule has 3 aromatic rings. The fraction of sp³-hybridized carbons (Fsp3) is 0.400. The standard InChI is InChI=1S/C20H27N5O2S/c1-5-24(6-2)28(26,27)16-9-7-8-15(13-16)18-10-11-25-20(22-18)17(12-14(3)4)19(21)23-25/h7-11,13-14H,5-6,12H2,1-4H3,(H2,21,23). The largest absolute Gasteiger partial charge is 0.382 e. The van der Waals surface area contributed by atoms with Crippen LogP contribution in [0.5, 0.6) is 0 Å². The summed E-state index contributed by atoms with van der Waals surface area (Å²) in [7, 11) is -3.53. The van der Waals surface area contributed by atoms with Crippen molar-refractivity contribution in [3.05, 3.63) is 42.1 Å². The predicted molar refractivity (Wildman–Crippen MR) is 111 cm³/mol. The van der Waals surface area contributed by atoms with E-state index in [9.17, 15) is 8.42 Å². The third-order valence-corrected chi connectivity index (χ3v) is 6.74. The fourth-order valence-corrected chi connectivity index (χ4v) is 4.79. The zero-order valence-electron chi connectivity index (χ0n) is 16.8. The number of rotatable bonds is 7. The highest BCUT2D eigenvalue weighted by Crippen LogP contribution is 2.26. The van der Waals surface area contributed by atoms with E-state index >= 15 is 0 Å². The number of hydrogen-bond donors (Lipinski definition) is 1.